The van der Waals surface area contributed by atoms with Crippen molar-refractivity contribution in [3.8, 4) is 40.1 Å². The molecule has 0 bridgehead atoms. The molecule has 0 aliphatic heterocycles. The summed E-state index contributed by atoms with van der Waals surface area (Å²) in [4.78, 5) is 15.4. The number of fused-ring (bicyclic) bond motifs is 9. The molecule has 0 spiro atoms. The molecule has 4 aromatic heterocycles. The molecule has 266 valence electrons. The van der Waals surface area contributed by atoms with E-state index >= 15 is 0 Å². The molecule has 0 saturated heterocycles. The van der Waals surface area contributed by atoms with E-state index in [0.29, 0.717) is 11.1 Å². The van der Waals surface area contributed by atoms with Crippen LogP contribution in [-0.4, -0.2) is 28.7 Å². The van der Waals surface area contributed by atoms with Gasteiger partial charge >= 0.3 is 0 Å². The first kappa shape index (κ1) is 24.6. The van der Waals surface area contributed by atoms with Gasteiger partial charge in [-0.2, -0.15) is 9.97 Å². The Bertz CT molecular complexity index is 3880. The quantitative estimate of drug-likeness (QED) is 0.177. The summed E-state index contributed by atoms with van der Waals surface area (Å²) >= 11 is 0. The van der Waals surface area contributed by atoms with Crippen LogP contribution in [0.4, 0.5) is 0 Å². The largest absolute Gasteiger partial charge is 0.309 e. The van der Waals surface area contributed by atoms with Crippen LogP contribution in [0.3, 0.4) is 0 Å². The van der Waals surface area contributed by atoms with E-state index in [4.69, 9.17) is 23.2 Å². The first-order chi connectivity index (χ1) is 31.6. The molecule has 0 aliphatic carbocycles. The zero-order chi connectivity index (χ0) is 44.4. The highest BCUT2D eigenvalue weighted by Crippen LogP contribution is 2.38. The van der Waals surface area contributed by atoms with E-state index < -0.39 is 48.3 Å². The smallest absolute Gasteiger partial charge is 0.238 e. The monoisotopic (exact) mass is 736 g/mol. The highest BCUT2D eigenvalue weighted by molar-refractivity contribution is 6.12. The lowest BCUT2D eigenvalue weighted by Gasteiger charge is -2.15. The Morgan fingerprint density at radius 2 is 0.895 bits per heavy atom. The summed E-state index contributed by atoms with van der Waals surface area (Å²) < 4.78 is 77.1. The van der Waals surface area contributed by atoms with Crippen LogP contribution in [0.25, 0.3) is 106 Å². The lowest BCUT2D eigenvalue weighted by molar-refractivity contribution is 0.952. The highest BCUT2D eigenvalue weighted by Gasteiger charge is 2.22. The van der Waals surface area contributed by atoms with Crippen LogP contribution in [0.5, 0.6) is 0 Å². The van der Waals surface area contributed by atoms with Crippen molar-refractivity contribution in [2.45, 2.75) is 0 Å². The molecule has 0 N–H and O–H groups in total. The third kappa shape index (κ3) is 4.74. The Balaban J connectivity index is 1.22. The van der Waals surface area contributed by atoms with Gasteiger partial charge in [0.1, 0.15) is 0 Å². The number of rotatable bonds is 5. The van der Waals surface area contributed by atoms with Gasteiger partial charge in [0.15, 0.2) is 11.6 Å². The minimum absolute atomic E-state index is 0.0685. The summed E-state index contributed by atoms with van der Waals surface area (Å²) in [7, 11) is 0. The molecule has 0 saturated carbocycles. The van der Waals surface area contributed by atoms with Gasteiger partial charge in [0, 0.05) is 49.1 Å². The SMILES string of the molecule is [2H]c1c([2H])c([2H])c2c(c1[2H])c1c([2H])c([2H])c([2H])c([2H])c1n2-c1nc(-c2ccc3c4ccccc4n(-c4ccccc4)c3c2)nc(-c2ccccc2-n2c3ccccc3c3ccccc32)n1. The summed E-state index contributed by atoms with van der Waals surface area (Å²) in [6.07, 6.45) is 0. The third-order valence-corrected chi connectivity index (χ3v) is 10.8. The minimum atomic E-state index is -0.535. The van der Waals surface area contributed by atoms with E-state index in [1.165, 1.54) is 4.57 Å². The predicted octanol–water partition coefficient (Wildman–Crippen LogP) is 12.5. The van der Waals surface area contributed by atoms with E-state index in [0.717, 1.165) is 55.0 Å². The second-order valence-electron chi connectivity index (χ2n) is 13.9. The number of para-hydroxylation sites is 7. The van der Waals surface area contributed by atoms with Gasteiger partial charge in [-0.25, -0.2) is 4.98 Å². The van der Waals surface area contributed by atoms with Crippen molar-refractivity contribution in [2.75, 3.05) is 0 Å². The summed E-state index contributed by atoms with van der Waals surface area (Å²) in [6.45, 7) is 0. The Kier molecular flexibility index (Phi) is 5.32. The molecular formula is C51H32N6. The maximum atomic E-state index is 9.26. The zero-order valence-corrected chi connectivity index (χ0v) is 30.0. The first-order valence-electron chi connectivity index (χ1n) is 22.6. The molecule has 0 radical (unpaired) electrons. The second-order valence-corrected chi connectivity index (χ2v) is 13.9. The average molecular weight is 737 g/mol. The van der Waals surface area contributed by atoms with Gasteiger partial charge in [0.25, 0.3) is 0 Å². The fourth-order valence-corrected chi connectivity index (χ4v) is 8.34. The van der Waals surface area contributed by atoms with Crippen LogP contribution in [-0.2, 0) is 0 Å². The van der Waals surface area contributed by atoms with Crippen molar-refractivity contribution in [1.82, 2.24) is 28.7 Å². The normalized spacial score (nSPS) is 13.8. The van der Waals surface area contributed by atoms with Gasteiger partial charge in [-0.1, -0.05) is 133 Å². The maximum absolute atomic E-state index is 9.26. The Labute approximate surface area is 338 Å². The van der Waals surface area contributed by atoms with Gasteiger partial charge in [0.05, 0.1) is 49.8 Å². The average Bonchev–Trinajstić information content (AvgIpc) is 4.00. The molecule has 12 rings (SSSR count). The molecule has 8 aromatic carbocycles. The van der Waals surface area contributed by atoms with Crippen LogP contribution in [0.1, 0.15) is 11.0 Å². The summed E-state index contributed by atoms with van der Waals surface area (Å²) in [5.74, 6) is 0.356. The van der Waals surface area contributed by atoms with Crippen LogP contribution in [0.2, 0.25) is 0 Å². The van der Waals surface area contributed by atoms with Crippen LogP contribution < -0.4 is 0 Å². The molecule has 6 nitrogen and oxygen atoms in total. The van der Waals surface area contributed by atoms with Gasteiger partial charge in [-0.3, -0.25) is 4.57 Å². The Morgan fingerprint density at radius 3 is 1.56 bits per heavy atom. The lowest BCUT2D eigenvalue weighted by Crippen LogP contribution is -2.08. The van der Waals surface area contributed by atoms with Crippen LogP contribution in [0.15, 0.2) is 194 Å². The summed E-state index contributed by atoms with van der Waals surface area (Å²) in [6, 6.07) is 44.4. The number of hydrogen-bond acceptors (Lipinski definition) is 3. The number of aromatic nitrogens is 6. The molecule has 0 aliphatic rings. The highest BCUT2D eigenvalue weighted by atomic mass is 15.2. The minimum Gasteiger partial charge on any atom is -0.309 e. The summed E-state index contributed by atoms with van der Waals surface area (Å²) in [5, 5.41) is 4.05. The fourth-order valence-electron chi connectivity index (χ4n) is 8.34. The molecule has 0 atom stereocenters. The van der Waals surface area contributed by atoms with Gasteiger partial charge in [0.2, 0.25) is 5.95 Å². The lowest BCUT2D eigenvalue weighted by atomic mass is 10.1. The standard InChI is InChI=1S/C51H32N6/c1-2-16-34(17-3-1)55-42-24-10-4-22-39(42)40-31-30-33(32-48(40)55)49-52-50(54-51(53-49)57-45-27-13-7-20-37(45)38-21-8-14-28-46(38)57)41-23-9-15-29-47(41)56-43-25-11-5-18-35(43)36-19-6-12-26-44(36)56/h1-32H/i7D,8D,13D,14D,20D,21D,27D,28D. The number of benzene rings is 8. The second kappa shape index (κ2) is 12.3. The van der Waals surface area contributed by atoms with E-state index in [2.05, 4.69) is 57.7 Å². The maximum Gasteiger partial charge on any atom is 0.238 e. The van der Waals surface area contributed by atoms with Gasteiger partial charge in [-0.05, 0) is 60.6 Å². The first-order valence-corrected chi connectivity index (χ1v) is 18.6. The number of hydrogen-bond donors (Lipinski definition) is 0. The zero-order valence-electron chi connectivity index (χ0n) is 38.0. The van der Waals surface area contributed by atoms with E-state index in [1.54, 1.807) is 0 Å². The van der Waals surface area contributed by atoms with Crippen LogP contribution in [0, 0.1) is 0 Å². The van der Waals surface area contributed by atoms with Crippen molar-refractivity contribution in [1.29, 1.82) is 0 Å². The Hall–Kier alpha value is -7.83. The van der Waals surface area contributed by atoms with Crippen LogP contribution >= 0.6 is 0 Å². The predicted molar refractivity (Wildman–Crippen MR) is 234 cm³/mol. The van der Waals surface area contributed by atoms with Crippen molar-refractivity contribution < 1.29 is 11.0 Å². The van der Waals surface area contributed by atoms with E-state index in [9.17, 15) is 2.74 Å². The molecule has 0 amide bonds. The number of nitrogens with zero attached hydrogens (tertiary/aromatic N) is 6. The molecule has 0 fully saturated rings. The topological polar surface area (TPSA) is 53.5 Å². The van der Waals surface area contributed by atoms with Gasteiger partial charge in [-0.15, -0.1) is 0 Å². The third-order valence-electron chi connectivity index (χ3n) is 10.8. The summed E-state index contributed by atoms with van der Waals surface area (Å²) in [5.41, 5.74) is 6.61. The van der Waals surface area contributed by atoms with Crippen molar-refractivity contribution in [3.05, 3.63) is 194 Å². The fraction of sp³-hybridized carbons (Fsp3) is 0. The Morgan fingerprint density at radius 1 is 0.368 bits per heavy atom. The van der Waals surface area contributed by atoms with E-state index in [-0.39, 0.29) is 39.4 Å². The molecule has 4 heterocycles. The van der Waals surface area contributed by atoms with Crippen molar-refractivity contribution in [3.63, 3.8) is 0 Å². The molecule has 12 aromatic rings. The van der Waals surface area contributed by atoms with Crippen molar-refractivity contribution >= 4 is 65.4 Å². The molecule has 6 heteroatoms. The molecular weight excluding hydrogens is 697 g/mol. The van der Waals surface area contributed by atoms with Gasteiger partial charge < -0.3 is 9.13 Å². The van der Waals surface area contributed by atoms with Crippen molar-refractivity contribution in [2.24, 2.45) is 0 Å². The molecule has 57 heavy (non-hydrogen) atoms. The molecule has 0 unspecified atom stereocenters. The van der Waals surface area contributed by atoms with E-state index in [1.807, 2.05) is 97.1 Å².